The lowest BCUT2D eigenvalue weighted by Gasteiger charge is -2.07. The van der Waals surface area contributed by atoms with E-state index in [2.05, 4.69) is 0 Å². The minimum Gasteiger partial charge on any atom is -0.457 e. The molecule has 122 valence electrons. The number of Topliss-reactive ketones (excluding diaryl/α,β-unsaturated/α-hetero) is 1. The molecule has 1 aromatic carbocycles. The maximum atomic E-state index is 12.3. The highest BCUT2D eigenvalue weighted by atomic mass is 32.2. The van der Waals surface area contributed by atoms with Gasteiger partial charge in [0.2, 0.25) is 5.78 Å². The van der Waals surface area contributed by atoms with E-state index in [9.17, 15) is 18.0 Å². The van der Waals surface area contributed by atoms with Gasteiger partial charge in [0.05, 0.1) is 22.3 Å². The van der Waals surface area contributed by atoms with Gasteiger partial charge in [0.1, 0.15) is 0 Å². The molecule has 1 atom stereocenters. The minimum atomic E-state index is -3.14. The Balaban J connectivity index is 1.67. The molecular formula is C16H16O5S2. The van der Waals surface area contributed by atoms with Gasteiger partial charge in [0.25, 0.3) is 0 Å². The summed E-state index contributed by atoms with van der Waals surface area (Å²) >= 11 is 1.38. The van der Waals surface area contributed by atoms with E-state index < -0.39 is 21.7 Å². The van der Waals surface area contributed by atoms with Gasteiger partial charge in [0, 0.05) is 4.70 Å². The molecule has 7 heteroatoms. The van der Waals surface area contributed by atoms with Crippen LogP contribution in [-0.2, 0) is 19.4 Å². The van der Waals surface area contributed by atoms with Crippen LogP contribution in [0.4, 0.5) is 0 Å². The number of fused-ring (bicyclic) bond motifs is 1. The second-order valence-corrected chi connectivity index (χ2v) is 8.96. The predicted octanol–water partition coefficient (Wildman–Crippen LogP) is 2.37. The molecule has 1 unspecified atom stereocenters. The largest absolute Gasteiger partial charge is 0.457 e. The van der Waals surface area contributed by atoms with Crippen LogP contribution < -0.4 is 0 Å². The van der Waals surface area contributed by atoms with Gasteiger partial charge in [-0.05, 0) is 30.4 Å². The highest BCUT2D eigenvalue weighted by Gasteiger charge is 2.34. The monoisotopic (exact) mass is 352 g/mol. The smallest absolute Gasteiger partial charge is 0.310 e. The van der Waals surface area contributed by atoms with Crippen molar-refractivity contribution in [2.24, 2.45) is 5.92 Å². The molecule has 2 aromatic rings. The van der Waals surface area contributed by atoms with Crippen LogP contribution in [0.15, 0.2) is 24.3 Å². The SMILES string of the molecule is Cc1c(C(=O)COC(=O)C2CCS(=O)(=O)C2)sc2ccccc12. The van der Waals surface area contributed by atoms with Crippen LogP contribution in [0.1, 0.15) is 21.7 Å². The fourth-order valence-electron chi connectivity index (χ4n) is 2.74. The van der Waals surface area contributed by atoms with Crippen molar-refractivity contribution in [3.63, 3.8) is 0 Å². The minimum absolute atomic E-state index is 0.0101. The Hall–Kier alpha value is -1.73. The fourth-order valence-corrected chi connectivity index (χ4v) is 5.60. The van der Waals surface area contributed by atoms with Crippen LogP contribution in [0.25, 0.3) is 10.1 Å². The first-order valence-electron chi connectivity index (χ1n) is 7.26. The lowest BCUT2D eigenvalue weighted by Crippen LogP contribution is -2.22. The summed E-state index contributed by atoms with van der Waals surface area (Å²) in [5, 5.41) is 1.02. The van der Waals surface area contributed by atoms with E-state index in [1.807, 2.05) is 31.2 Å². The maximum Gasteiger partial charge on any atom is 0.310 e. The number of hydrogen-bond acceptors (Lipinski definition) is 6. The number of carbonyl (C=O) groups is 2. The molecule has 0 spiro atoms. The number of rotatable bonds is 4. The summed E-state index contributed by atoms with van der Waals surface area (Å²) < 4.78 is 28.8. The Bertz CT molecular complexity index is 879. The third kappa shape index (κ3) is 3.30. The maximum absolute atomic E-state index is 12.3. The first-order valence-corrected chi connectivity index (χ1v) is 9.89. The second-order valence-electron chi connectivity index (χ2n) is 5.68. The number of sulfone groups is 1. The average Bonchev–Trinajstić information content (AvgIpc) is 3.05. The van der Waals surface area contributed by atoms with Gasteiger partial charge in [-0.15, -0.1) is 11.3 Å². The highest BCUT2D eigenvalue weighted by Crippen LogP contribution is 2.31. The van der Waals surface area contributed by atoms with Crippen LogP contribution in [0, 0.1) is 12.8 Å². The summed E-state index contributed by atoms with van der Waals surface area (Å²) in [7, 11) is -3.14. The quantitative estimate of drug-likeness (QED) is 0.624. The van der Waals surface area contributed by atoms with Gasteiger partial charge < -0.3 is 4.74 Å². The topological polar surface area (TPSA) is 77.5 Å². The molecule has 1 saturated heterocycles. The fraction of sp³-hybridized carbons (Fsp3) is 0.375. The molecule has 0 aliphatic carbocycles. The van der Waals surface area contributed by atoms with Crippen molar-refractivity contribution in [1.29, 1.82) is 0 Å². The van der Waals surface area contributed by atoms with Crippen molar-refractivity contribution in [2.45, 2.75) is 13.3 Å². The van der Waals surface area contributed by atoms with Crippen LogP contribution in [0.3, 0.4) is 0 Å². The van der Waals surface area contributed by atoms with Crippen molar-refractivity contribution in [3.05, 3.63) is 34.7 Å². The van der Waals surface area contributed by atoms with Crippen LogP contribution in [-0.4, -0.2) is 38.3 Å². The summed E-state index contributed by atoms with van der Waals surface area (Å²) in [6.07, 6.45) is 0.275. The molecular weight excluding hydrogens is 336 g/mol. The summed E-state index contributed by atoms with van der Waals surface area (Å²) in [6.45, 7) is 1.53. The zero-order valence-corrected chi connectivity index (χ0v) is 14.2. The number of aryl methyl sites for hydroxylation is 1. The van der Waals surface area contributed by atoms with Gasteiger partial charge >= 0.3 is 5.97 Å². The van der Waals surface area contributed by atoms with E-state index in [0.29, 0.717) is 4.88 Å². The zero-order chi connectivity index (χ0) is 16.6. The normalized spacial score (nSPS) is 19.8. The molecule has 1 aliphatic heterocycles. The van der Waals surface area contributed by atoms with Gasteiger partial charge in [0.15, 0.2) is 16.4 Å². The highest BCUT2D eigenvalue weighted by molar-refractivity contribution is 7.91. The number of esters is 1. The molecule has 0 N–H and O–H groups in total. The predicted molar refractivity (Wildman–Crippen MR) is 88.6 cm³/mol. The van der Waals surface area contributed by atoms with E-state index in [4.69, 9.17) is 4.74 Å². The van der Waals surface area contributed by atoms with Gasteiger partial charge in [-0.2, -0.15) is 0 Å². The van der Waals surface area contributed by atoms with Gasteiger partial charge in [-0.3, -0.25) is 9.59 Å². The lowest BCUT2D eigenvalue weighted by atomic mass is 10.1. The number of carbonyl (C=O) groups excluding carboxylic acids is 2. The van der Waals surface area contributed by atoms with Gasteiger partial charge in [-0.25, -0.2) is 8.42 Å². The summed E-state index contributed by atoms with van der Waals surface area (Å²) in [6, 6.07) is 7.72. The number of hydrogen-bond donors (Lipinski definition) is 0. The lowest BCUT2D eigenvalue weighted by molar-refractivity contribution is -0.146. The number of thiophene rings is 1. The zero-order valence-electron chi connectivity index (χ0n) is 12.6. The van der Waals surface area contributed by atoms with E-state index in [-0.39, 0.29) is 30.3 Å². The van der Waals surface area contributed by atoms with E-state index >= 15 is 0 Å². The third-order valence-electron chi connectivity index (χ3n) is 4.01. The Kier molecular flexibility index (Phi) is 4.25. The van der Waals surface area contributed by atoms with Gasteiger partial charge in [-0.1, -0.05) is 18.2 Å². The standard InChI is InChI=1S/C16H16O5S2/c1-10-12-4-2-3-5-14(12)22-15(10)13(17)8-21-16(18)11-6-7-23(19,20)9-11/h2-5,11H,6-9H2,1H3. The summed E-state index contributed by atoms with van der Waals surface area (Å²) in [5.41, 5.74) is 0.884. The number of ether oxygens (including phenoxy) is 1. The van der Waals surface area contributed by atoms with Crippen LogP contribution in [0.5, 0.6) is 0 Å². The first kappa shape index (κ1) is 16.1. The Morgan fingerprint density at radius 3 is 2.70 bits per heavy atom. The third-order valence-corrected chi connectivity index (χ3v) is 7.09. The molecule has 1 fully saturated rings. The molecule has 5 nitrogen and oxygen atoms in total. The molecule has 0 radical (unpaired) electrons. The summed E-state index contributed by atoms with van der Waals surface area (Å²) in [5.74, 6) is -1.66. The van der Waals surface area contributed by atoms with E-state index in [0.717, 1.165) is 15.6 Å². The van der Waals surface area contributed by atoms with Crippen LogP contribution >= 0.6 is 11.3 Å². The van der Waals surface area contributed by atoms with Crippen molar-refractivity contribution in [2.75, 3.05) is 18.1 Å². The van der Waals surface area contributed by atoms with Crippen molar-refractivity contribution < 1.29 is 22.7 Å². The molecule has 0 bridgehead atoms. The van der Waals surface area contributed by atoms with Crippen molar-refractivity contribution in [3.8, 4) is 0 Å². The molecule has 0 amide bonds. The first-order chi connectivity index (χ1) is 10.9. The molecule has 1 aromatic heterocycles. The average molecular weight is 352 g/mol. The Labute approximate surface area is 138 Å². The molecule has 0 saturated carbocycles. The van der Waals surface area contributed by atoms with E-state index in [1.165, 1.54) is 11.3 Å². The molecule has 2 heterocycles. The second kappa shape index (κ2) is 6.05. The number of benzene rings is 1. The molecule has 1 aliphatic rings. The van der Waals surface area contributed by atoms with Crippen molar-refractivity contribution in [1.82, 2.24) is 0 Å². The Morgan fingerprint density at radius 1 is 1.30 bits per heavy atom. The van der Waals surface area contributed by atoms with Crippen LogP contribution in [0.2, 0.25) is 0 Å². The van der Waals surface area contributed by atoms with Crippen molar-refractivity contribution >= 4 is 43.0 Å². The Morgan fingerprint density at radius 2 is 2.04 bits per heavy atom. The summed E-state index contributed by atoms with van der Waals surface area (Å²) in [4.78, 5) is 24.8. The number of ketones is 1. The van der Waals surface area contributed by atoms with E-state index in [1.54, 1.807) is 0 Å². The molecule has 23 heavy (non-hydrogen) atoms. The molecule has 3 rings (SSSR count).